The number of nitrogens with zero attached hydrogens (tertiary/aromatic N) is 3. The molecule has 188 valence electrons. The van der Waals surface area contributed by atoms with Crippen LogP contribution >= 0.6 is 34.8 Å². The first kappa shape index (κ1) is 26.4. The van der Waals surface area contributed by atoms with Gasteiger partial charge in [0, 0.05) is 34.5 Å². The molecule has 0 N–H and O–H groups in total. The summed E-state index contributed by atoms with van der Waals surface area (Å²) in [5.41, 5.74) is 0.954. The van der Waals surface area contributed by atoms with Crippen LogP contribution in [0.4, 0.5) is 5.69 Å². The van der Waals surface area contributed by atoms with Crippen molar-refractivity contribution in [2.24, 2.45) is 0 Å². The molecule has 10 heteroatoms. The lowest BCUT2D eigenvalue weighted by Gasteiger charge is -2.32. The molecule has 4 rings (SSSR count). The molecule has 0 amide bonds. The molecule has 3 aromatic carbocycles. The highest BCUT2D eigenvalue weighted by Gasteiger charge is 2.33. The number of anilines is 1. The molecule has 0 saturated heterocycles. The molecule has 0 radical (unpaired) electrons. The zero-order chi connectivity index (χ0) is 25.7. The fraction of sp³-hybridized carbons (Fsp3) is 0.192. The molecule has 4 aromatic rings. The van der Waals surface area contributed by atoms with Crippen molar-refractivity contribution in [3.63, 3.8) is 0 Å². The first-order chi connectivity index (χ1) is 17.3. The van der Waals surface area contributed by atoms with Gasteiger partial charge in [0.05, 0.1) is 34.6 Å². The van der Waals surface area contributed by atoms with E-state index in [0.717, 1.165) is 13.0 Å². The molecule has 0 bridgehead atoms. The Labute approximate surface area is 226 Å². The maximum atomic E-state index is 14.0. The standard InChI is InChI=1S/C26H24Cl3N3O3S/c1-19(23-5-2-3-6-26(23)35-16-4-14-31-15-13-30-18-31)32(25-17-21(28)9-12-24(25)29)36(33,34)22-10-7-20(27)8-11-22/h2-3,5-13,15,17-19H,4,14,16H2,1H3. The zero-order valence-electron chi connectivity index (χ0n) is 19.4. The summed E-state index contributed by atoms with van der Waals surface area (Å²) >= 11 is 18.8. The number of ether oxygens (including phenoxy) is 1. The number of aryl methyl sites for hydroxylation is 1. The lowest BCUT2D eigenvalue weighted by Crippen LogP contribution is -2.34. The van der Waals surface area contributed by atoms with Crippen molar-refractivity contribution < 1.29 is 13.2 Å². The van der Waals surface area contributed by atoms with E-state index in [0.29, 0.717) is 28.0 Å². The van der Waals surface area contributed by atoms with Gasteiger partial charge < -0.3 is 9.30 Å². The summed E-state index contributed by atoms with van der Waals surface area (Å²) < 4.78 is 37.3. The molecule has 0 saturated carbocycles. The molecule has 1 atom stereocenters. The summed E-state index contributed by atoms with van der Waals surface area (Å²) in [5.74, 6) is 0.588. The van der Waals surface area contributed by atoms with E-state index in [1.165, 1.54) is 28.6 Å². The third-order valence-electron chi connectivity index (χ3n) is 5.61. The molecular weight excluding hydrogens is 541 g/mol. The van der Waals surface area contributed by atoms with E-state index in [-0.39, 0.29) is 15.6 Å². The number of rotatable bonds is 10. The third kappa shape index (κ3) is 5.98. The number of hydrogen-bond donors (Lipinski definition) is 0. The van der Waals surface area contributed by atoms with Gasteiger partial charge in [-0.2, -0.15) is 0 Å². The second-order valence-corrected chi connectivity index (χ2v) is 11.2. The summed E-state index contributed by atoms with van der Waals surface area (Å²) in [6.45, 7) is 3.00. The van der Waals surface area contributed by atoms with Crippen molar-refractivity contribution in [1.82, 2.24) is 9.55 Å². The lowest BCUT2D eigenvalue weighted by atomic mass is 10.1. The lowest BCUT2D eigenvalue weighted by molar-refractivity contribution is 0.297. The zero-order valence-corrected chi connectivity index (χ0v) is 22.5. The normalized spacial score (nSPS) is 12.3. The Morgan fingerprint density at radius 2 is 1.72 bits per heavy atom. The van der Waals surface area contributed by atoms with E-state index < -0.39 is 16.1 Å². The van der Waals surface area contributed by atoms with Crippen LogP contribution in [0.5, 0.6) is 5.75 Å². The third-order valence-corrected chi connectivity index (χ3v) is 8.32. The van der Waals surface area contributed by atoms with Crippen LogP contribution in [0.15, 0.2) is 90.3 Å². The minimum atomic E-state index is -4.06. The van der Waals surface area contributed by atoms with Crippen LogP contribution in [-0.2, 0) is 16.6 Å². The van der Waals surface area contributed by atoms with E-state index in [9.17, 15) is 8.42 Å². The number of benzene rings is 3. The van der Waals surface area contributed by atoms with Gasteiger partial charge in [-0.15, -0.1) is 0 Å². The van der Waals surface area contributed by atoms with Crippen LogP contribution in [0.3, 0.4) is 0 Å². The van der Waals surface area contributed by atoms with Crippen molar-refractivity contribution in [1.29, 1.82) is 0 Å². The summed E-state index contributed by atoms with van der Waals surface area (Å²) in [4.78, 5) is 4.12. The Hall–Kier alpha value is -2.71. The van der Waals surface area contributed by atoms with Gasteiger partial charge in [0.2, 0.25) is 0 Å². The van der Waals surface area contributed by atoms with Gasteiger partial charge in [-0.05, 0) is 61.9 Å². The average molecular weight is 565 g/mol. The topological polar surface area (TPSA) is 64.4 Å². The van der Waals surface area contributed by atoms with E-state index in [4.69, 9.17) is 39.5 Å². The Morgan fingerprint density at radius 1 is 1.00 bits per heavy atom. The first-order valence-corrected chi connectivity index (χ1v) is 13.8. The van der Waals surface area contributed by atoms with Crippen LogP contribution in [0, 0.1) is 0 Å². The van der Waals surface area contributed by atoms with E-state index in [1.54, 1.807) is 37.6 Å². The molecule has 0 fully saturated rings. The van der Waals surface area contributed by atoms with Crippen molar-refractivity contribution in [2.45, 2.75) is 30.8 Å². The van der Waals surface area contributed by atoms with Crippen molar-refractivity contribution in [3.05, 3.63) is 106 Å². The predicted molar refractivity (Wildman–Crippen MR) is 145 cm³/mol. The number of hydrogen-bond acceptors (Lipinski definition) is 4. The van der Waals surface area contributed by atoms with Crippen LogP contribution in [0.2, 0.25) is 15.1 Å². The van der Waals surface area contributed by atoms with Crippen LogP contribution in [0.25, 0.3) is 0 Å². The average Bonchev–Trinajstić information content (AvgIpc) is 3.38. The van der Waals surface area contributed by atoms with Gasteiger partial charge in [-0.3, -0.25) is 4.31 Å². The molecular formula is C26H24Cl3N3O3S. The minimum Gasteiger partial charge on any atom is -0.493 e. The van der Waals surface area contributed by atoms with Gasteiger partial charge in [0.15, 0.2) is 0 Å². The van der Waals surface area contributed by atoms with Gasteiger partial charge in [-0.25, -0.2) is 13.4 Å². The number of imidazole rings is 1. The molecule has 0 aliphatic carbocycles. The second kappa shape index (κ2) is 11.6. The maximum absolute atomic E-state index is 14.0. The summed E-state index contributed by atoms with van der Waals surface area (Å²) in [6, 6.07) is 17.4. The van der Waals surface area contributed by atoms with Crippen LogP contribution < -0.4 is 9.04 Å². The van der Waals surface area contributed by atoms with Gasteiger partial charge in [0.25, 0.3) is 10.0 Å². The summed E-state index contributed by atoms with van der Waals surface area (Å²) in [6.07, 6.45) is 6.13. The Morgan fingerprint density at radius 3 is 2.44 bits per heavy atom. The Kier molecular flexibility index (Phi) is 8.46. The van der Waals surface area contributed by atoms with Crippen LogP contribution in [-0.4, -0.2) is 24.6 Å². The highest BCUT2D eigenvalue weighted by atomic mass is 35.5. The molecule has 6 nitrogen and oxygen atoms in total. The van der Waals surface area contributed by atoms with Crippen molar-refractivity contribution in [2.75, 3.05) is 10.9 Å². The highest BCUT2D eigenvalue weighted by Crippen LogP contribution is 2.41. The minimum absolute atomic E-state index is 0.0773. The second-order valence-electron chi connectivity index (χ2n) is 8.07. The number of para-hydroxylation sites is 1. The Bertz CT molecular complexity index is 1410. The first-order valence-electron chi connectivity index (χ1n) is 11.2. The number of aromatic nitrogens is 2. The van der Waals surface area contributed by atoms with Crippen molar-refractivity contribution >= 4 is 50.5 Å². The molecule has 0 spiro atoms. The maximum Gasteiger partial charge on any atom is 0.264 e. The van der Waals surface area contributed by atoms with E-state index in [1.807, 2.05) is 35.0 Å². The number of sulfonamides is 1. The molecule has 1 heterocycles. The van der Waals surface area contributed by atoms with Gasteiger partial charge >= 0.3 is 0 Å². The summed E-state index contributed by atoms with van der Waals surface area (Å²) in [7, 11) is -4.06. The predicted octanol–water partition coefficient (Wildman–Crippen LogP) is 7.27. The SMILES string of the molecule is CC(c1ccccc1OCCCn1ccnc1)N(c1cc(Cl)ccc1Cl)S(=O)(=O)c1ccc(Cl)cc1. The van der Waals surface area contributed by atoms with E-state index >= 15 is 0 Å². The molecule has 0 aliphatic rings. The smallest absolute Gasteiger partial charge is 0.264 e. The van der Waals surface area contributed by atoms with Crippen LogP contribution in [0.1, 0.15) is 24.9 Å². The van der Waals surface area contributed by atoms with Crippen molar-refractivity contribution in [3.8, 4) is 5.75 Å². The molecule has 0 aliphatic heterocycles. The molecule has 36 heavy (non-hydrogen) atoms. The molecule has 1 unspecified atom stereocenters. The van der Waals surface area contributed by atoms with E-state index in [2.05, 4.69) is 4.98 Å². The fourth-order valence-electron chi connectivity index (χ4n) is 3.85. The molecule has 1 aromatic heterocycles. The largest absolute Gasteiger partial charge is 0.493 e. The monoisotopic (exact) mass is 563 g/mol. The fourth-order valence-corrected chi connectivity index (χ4v) is 6.05. The quantitative estimate of drug-likeness (QED) is 0.190. The van der Waals surface area contributed by atoms with Gasteiger partial charge in [-0.1, -0.05) is 53.0 Å². The highest BCUT2D eigenvalue weighted by molar-refractivity contribution is 7.92. The van der Waals surface area contributed by atoms with Gasteiger partial charge in [0.1, 0.15) is 5.75 Å². The summed E-state index contributed by atoms with van der Waals surface area (Å²) in [5, 5.41) is 1.05. The number of halogens is 3. The Balaban J connectivity index is 1.70.